The number of aliphatic hydroxyl groups is 1. The van der Waals surface area contributed by atoms with E-state index in [0.29, 0.717) is 5.56 Å². The van der Waals surface area contributed by atoms with Gasteiger partial charge in [0.15, 0.2) is 0 Å². The number of aryl methyl sites for hydroxylation is 1. The molecule has 108 valence electrons. The van der Waals surface area contributed by atoms with Crippen molar-refractivity contribution >= 4 is 21.4 Å². The van der Waals surface area contributed by atoms with Crippen molar-refractivity contribution in [3.8, 4) is 0 Å². The molecule has 0 amide bonds. The maximum Gasteiger partial charge on any atom is 0.250 e. The fourth-order valence-corrected chi connectivity index (χ4v) is 4.44. The molecular formula is C14H17NO3S2. The van der Waals surface area contributed by atoms with Gasteiger partial charge in [-0.1, -0.05) is 24.3 Å². The van der Waals surface area contributed by atoms with E-state index >= 15 is 0 Å². The molecule has 0 aliphatic carbocycles. The van der Waals surface area contributed by atoms with E-state index in [0.717, 1.165) is 22.5 Å². The Labute approximate surface area is 123 Å². The highest BCUT2D eigenvalue weighted by Crippen LogP contribution is 2.24. The van der Waals surface area contributed by atoms with Crippen LogP contribution in [0.3, 0.4) is 0 Å². The Kier molecular flexibility index (Phi) is 4.59. The normalized spacial score (nSPS) is 13.3. The van der Waals surface area contributed by atoms with Crippen molar-refractivity contribution in [3.05, 3.63) is 52.4 Å². The van der Waals surface area contributed by atoms with Gasteiger partial charge in [0.25, 0.3) is 10.0 Å². The minimum Gasteiger partial charge on any atom is -0.392 e. The Hall–Kier alpha value is -1.21. The molecule has 2 rings (SSSR count). The van der Waals surface area contributed by atoms with Crippen LogP contribution in [0.4, 0.5) is 0 Å². The summed E-state index contributed by atoms with van der Waals surface area (Å²) in [5.74, 6) is 0. The van der Waals surface area contributed by atoms with Gasteiger partial charge in [0.05, 0.1) is 6.61 Å². The number of hydrogen-bond acceptors (Lipinski definition) is 4. The minimum absolute atomic E-state index is 0.153. The van der Waals surface area contributed by atoms with Crippen molar-refractivity contribution in [1.29, 1.82) is 0 Å². The third kappa shape index (κ3) is 3.27. The van der Waals surface area contributed by atoms with Gasteiger partial charge in [-0.3, -0.25) is 0 Å². The number of hydrogen-bond donors (Lipinski definition) is 2. The van der Waals surface area contributed by atoms with Gasteiger partial charge in [-0.15, -0.1) is 11.3 Å². The molecule has 0 aliphatic rings. The summed E-state index contributed by atoms with van der Waals surface area (Å²) in [6.45, 7) is 3.62. The summed E-state index contributed by atoms with van der Waals surface area (Å²) in [5, 5.41) is 10.7. The Morgan fingerprint density at radius 1 is 1.35 bits per heavy atom. The van der Waals surface area contributed by atoms with Gasteiger partial charge >= 0.3 is 0 Å². The Balaban J connectivity index is 2.22. The first-order valence-corrected chi connectivity index (χ1v) is 8.56. The van der Waals surface area contributed by atoms with Gasteiger partial charge in [0.2, 0.25) is 0 Å². The summed E-state index contributed by atoms with van der Waals surface area (Å²) in [6, 6.07) is 8.87. The quantitative estimate of drug-likeness (QED) is 0.892. The van der Waals surface area contributed by atoms with E-state index in [1.165, 1.54) is 6.07 Å². The van der Waals surface area contributed by atoms with Gasteiger partial charge in [0, 0.05) is 6.04 Å². The van der Waals surface area contributed by atoms with Crippen LogP contribution >= 0.6 is 11.3 Å². The van der Waals surface area contributed by atoms with Crippen molar-refractivity contribution in [3.63, 3.8) is 0 Å². The Bertz CT molecular complexity index is 692. The van der Waals surface area contributed by atoms with E-state index in [2.05, 4.69) is 4.72 Å². The van der Waals surface area contributed by atoms with E-state index in [9.17, 15) is 8.42 Å². The number of rotatable bonds is 5. The molecule has 0 aliphatic heterocycles. The van der Waals surface area contributed by atoms with E-state index < -0.39 is 10.0 Å². The van der Waals surface area contributed by atoms with Crippen LogP contribution in [0.15, 0.2) is 39.9 Å². The zero-order valence-electron chi connectivity index (χ0n) is 11.3. The average molecular weight is 311 g/mol. The fraction of sp³-hybridized carbons (Fsp3) is 0.286. The lowest BCUT2D eigenvalue weighted by Crippen LogP contribution is -2.26. The van der Waals surface area contributed by atoms with Crippen LogP contribution in [-0.2, 0) is 16.6 Å². The molecule has 1 aromatic heterocycles. The van der Waals surface area contributed by atoms with Gasteiger partial charge in [0.1, 0.15) is 4.21 Å². The van der Waals surface area contributed by atoms with Crippen molar-refractivity contribution in [2.24, 2.45) is 0 Å². The molecule has 2 N–H and O–H groups in total. The molecule has 1 atom stereocenters. The van der Waals surface area contributed by atoms with E-state index in [1.807, 2.05) is 38.1 Å². The van der Waals surface area contributed by atoms with Crippen LogP contribution in [0.1, 0.15) is 29.7 Å². The molecule has 0 fully saturated rings. The van der Waals surface area contributed by atoms with Crippen molar-refractivity contribution in [1.82, 2.24) is 4.72 Å². The lowest BCUT2D eigenvalue weighted by atomic mass is 10.0. The topological polar surface area (TPSA) is 66.4 Å². The van der Waals surface area contributed by atoms with Crippen molar-refractivity contribution < 1.29 is 13.5 Å². The largest absolute Gasteiger partial charge is 0.392 e. The second-order valence-electron chi connectivity index (χ2n) is 4.63. The lowest BCUT2D eigenvalue weighted by Gasteiger charge is -2.16. The van der Waals surface area contributed by atoms with Crippen molar-refractivity contribution in [2.45, 2.75) is 30.7 Å². The molecule has 1 heterocycles. The summed E-state index contributed by atoms with van der Waals surface area (Å²) in [6.07, 6.45) is 0. The lowest BCUT2D eigenvalue weighted by molar-refractivity contribution is 0.282. The van der Waals surface area contributed by atoms with Crippen LogP contribution < -0.4 is 4.72 Å². The predicted molar refractivity (Wildman–Crippen MR) is 80.2 cm³/mol. The molecule has 0 bridgehead atoms. The molecule has 4 nitrogen and oxygen atoms in total. The third-order valence-electron chi connectivity index (χ3n) is 3.06. The van der Waals surface area contributed by atoms with Crippen LogP contribution in [0.2, 0.25) is 0 Å². The molecule has 20 heavy (non-hydrogen) atoms. The monoisotopic (exact) mass is 311 g/mol. The zero-order chi connectivity index (χ0) is 14.8. The van der Waals surface area contributed by atoms with Crippen LogP contribution in [0.25, 0.3) is 0 Å². The van der Waals surface area contributed by atoms with Crippen LogP contribution in [-0.4, -0.2) is 13.5 Å². The number of sulfonamides is 1. The van der Waals surface area contributed by atoms with Crippen molar-refractivity contribution in [2.75, 3.05) is 0 Å². The van der Waals surface area contributed by atoms with Crippen LogP contribution in [0.5, 0.6) is 0 Å². The van der Waals surface area contributed by atoms with E-state index in [-0.39, 0.29) is 16.9 Å². The van der Waals surface area contributed by atoms with Crippen LogP contribution in [0, 0.1) is 6.92 Å². The minimum atomic E-state index is -3.56. The molecule has 0 saturated carbocycles. The van der Waals surface area contributed by atoms with Gasteiger partial charge in [-0.05, 0) is 42.0 Å². The highest BCUT2D eigenvalue weighted by molar-refractivity contribution is 7.91. The first-order chi connectivity index (χ1) is 9.44. The third-order valence-corrected chi connectivity index (χ3v) is 6.09. The summed E-state index contributed by atoms with van der Waals surface area (Å²) in [7, 11) is -3.56. The van der Waals surface area contributed by atoms with Gasteiger partial charge in [-0.25, -0.2) is 13.1 Å². The predicted octanol–water partition coefficient (Wildman–Crippen LogP) is 2.59. The highest BCUT2D eigenvalue weighted by Gasteiger charge is 2.20. The second-order valence-corrected chi connectivity index (χ2v) is 7.48. The maximum absolute atomic E-state index is 12.3. The SMILES string of the molecule is Cc1ccccc1C(C)NS(=O)(=O)c1cc(CO)cs1. The smallest absolute Gasteiger partial charge is 0.250 e. The van der Waals surface area contributed by atoms with E-state index in [1.54, 1.807) is 5.38 Å². The summed E-state index contributed by atoms with van der Waals surface area (Å²) >= 11 is 1.11. The van der Waals surface area contributed by atoms with Gasteiger partial charge in [-0.2, -0.15) is 0 Å². The number of aliphatic hydroxyl groups excluding tert-OH is 1. The van der Waals surface area contributed by atoms with E-state index in [4.69, 9.17) is 5.11 Å². The number of benzene rings is 1. The molecule has 6 heteroatoms. The fourth-order valence-electron chi connectivity index (χ4n) is 2.00. The number of thiophene rings is 1. The van der Waals surface area contributed by atoms with Gasteiger partial charge < -0.3 is 5.11 Å². The summed E-state index contributed by atoms with van der Waals surface area (Å²) in [5.41, 5.74) is 2.61. The molecule has 0 radical (unpaired) electrons. The zero-order valence-corrected chi connectivity index (χ0v) is 13.0. The molecule has 2 aromatic rings. The molecular weight excluding hydrogens is 294 g/mol. The number of nitrogens with one attached hydrogen (secondary N) is 1. The molecule has 0 spiro atoms. The second kappa shape index (κ2) is 6.05. The highest BCUT2D eigenvalue weighted by atomic mass is 32.2. The standard InChI is InChI=1S/C14H17NO3S2/c1-10-5-3-4-6-13(10)11(2)15-20(17,18)14-7-12(8-16)9-19-14/h3-7,9,11,15-16H,8H2,1-2H3. The summed E-state index contributed by atoms with van der Waals surface area (Å²) in [4.78, 5) is 0. The molecule has 1 unspecified atom stereocenters. The molecule has 1 aromatic carbocycles. The first-order valence-electron chi connectivity index (χ1n) is 6.20. The average Bonchev–Trinajstić information content (AvgIpc) is 2.88. The Morgan fingerprint density at radius 3 is 2.65 bits per heavy atom. The first kappa shape index (κ1) is 15.2. The summed E-state index contributed by atoms with van der Waals surface area (Å²) < 4.78 is 27.4. The maximum atomic E-state index is 12.3. The Morgan fingerprint density at radius 2 is 2.05 bits per heavy atom. The molecule has 0 saturated heterocycles.